The highest BCUT2D eigenvalue weighted by Gasteiger charge is 2.21. The topological polar surface area (TPSA) is 51.5 Å². The Kier molecular flexibility index (Phi) is 4.62. The summed E-state index contributed by atoms with van der Waals surface area (Å²) in [5.41, 5.74) is 2.50. The van der Waals surface area contributed by atoms with Crippen LogP contribution in [0.2, 0.25) is 0 Å². The molecule has 0 aliphatic carbocycles. The lowest BCUT2D eigenvalue weighted by molar-refractivity contribution is 0.0984. The number of ether oxygens (including phenoxy) is 1. The third kappa shape index (κ3) is 3.16. The van der Waals surface area contributed by atoms with Crippen molar-refractivity contribution < 1.29 is 18.3 Å². The van der Waals surface area contributed by atoms with Crippen molar-refractivity contribution in [2.45, 2.75) is 20.5 Å². The number of benzene rings is 2. The highest BCUT2D eigenvalue weighted by Crippen LogP contribution is 2.28. The van der Waals surface area contributed by atoms with E-state index in [2.05, 4.69) is 5.32 Å². The summed E-state index contributed by atoms with van der Waals surface area (Å²) in [6, 6.07) is 11.7. The highest BCUT2D eigenvalue weighted by molar-refractivity contribution is 6.06. The van der Waals surface area contributed by atoms with Crippen LogP contribution >= 0.6 is 0 Å². The minimum Gasteiger partial charge on any atom is -0.451 e. The largest absolute Gasteiger partial charge is 0.451 e. The molecule has 3 aromatic rings. The van der Waals surface area contributed by atoms with Gasteiger partial charge in [-0.3, -0.25) is 4.79 Å². The second-order valence-electron chi connectivity index (χ2n) is 5.46. The molecule has 5 heteroatoms. The zero-order valence-electron chi connectivity index (χ0n) is 13.6. The maximum atomic E-state index is 13.4. The molecule has 0 radical (unpaired) electrons. The molecular weight excluding hydrogens is 309 g/mol. The van der Waals surface area contributed by atoms with Crippen molar-refractivity contribution in [2.75, 3.05) is 11.9 Å². The number of halogens is 1. The maximum absolute atomic E-state index is 13.4. The summed E-state index contributed by atoms with van der Waals surface area (Å²) < 4.78 is 24.6. The molecule has 0 saturated carbocycles. The third-order valence-corrected chi connectivity index (χ3v) is 3.80. The maximum Gasteiger partial charge on any atom is 0.291 e. The number of carbonyl (C=O) groups excluding carboxylic acids is 1. The zero-order chi connectivity index (χ0) is 17.1. The molecule has 0 fully saturated rings. The van der Waals surface area contributed by atoms with Crippen molar-refractivity contribution in [1.82, 2.24) is 0 Å². The van der Waals surface area contributed by atoms with E-state index in [1.165, 1.54) is 12.1 Å². The van der Waals surface area contributed by atoms with Gasteiger partial charge in [-0.05, 0) is 37.6 Å². The Hall–Kier alpha value is -2.66. The molecule has 1 heterocycles. The van der Waals surface area contributed by atoms with Crippen LogP contribution in [0.25, 0.3) is 11.0 Å². The fraction of sp³-hybridized carbons (Fsp3) is 0.211. The van der Waals surface area contributed by atoms with Gasteiger partial charge in [-0.25, -0.2) is 4.39 Å². The van der Waals surface area contributed by atoms with Gasteiger partial charge in [0.2, 0.25) is 0 Å². The Bertz CT molecular complexity index is 885. The molecule has 0 aliphatic rings. The molecule has 124 valence electrons. The summed E-state index contributed by atoms with van der Waals surface area (Å²) in [4.78, 5) is 12.6. The molecule has 4 nitrogen and oxygen atoms in total. The fourth-order valence-corrected chi connectivity index (χ4v) is 2.54. The Labute approximate surface area is 139 Å². The van der Waals surface area contributed by atoms with E-state index in [1.54, 1.807) is 19.1 Å². The molecule has 0 spiro atoms. The number of para-hydroxylation sites is 1. The zero-order valence-corrected chi connectivity index (χ0v) is 13.6. The summed E-state index contributed by atoms with van der Waals surface area (Å²) in [7, 11) is 0. The van der Waals surface area contributed by atoms with Gasteiger partial charge < -0.3 is 14.5 Å². The van der Waals surface area contributed by atoms with E-state index in [9.17, 15) is 9.18 Å². The van der Waals surface area contributed by atoms with Crippen LogP contribution in [0.1, 0.15) is 28.6 Å². The standard InChI is InChI=1S/C19H18FNO3/c1-3-23-11-15-14-6-4-5-7-17(14)24-18(15)19(22)21-16-10-13(20)9-8-12(16)2/h4-10H,3,11H2,1-2H3,(H,21,22). The first kappa shape index (κ1) is 16.2. The molecule has 0 saturated heterocycles. The quantitative estimate of drug-likeness (QED) is 0.741. The van der Waals surface area contributed by atoms with E-state index in [0.717, 1.165) is 10.9 Å². The first-order chi connectivity index (χ1) is 11.6. The van der Waals surface area contributed by atoms with Crippen LogP contribution in [0.3, 0.4) is 0 Å². The molecule has 1 amide bonds. The summed E-state index contributed by atoms with van der Waals surface area (Å²) >= 11 is 0. The number of fused-ring (bicyclic) bond motifs is 1. The van der Waals surface area contributed by atoms with Crippen LogP contribution in [0.15, 0.2) is 46.9 Å². The first-order valence-corrected chi connectivity index (χ1v) is 7.75. The van der Waals surface area contributed by atoms with E-state index in [-0.39, 0.29) is 12.4 Å². The number of hydrogen-bond donors (Lipinski definition) is 1. The van der Waals surface area contributed by atoms with Crippen molar-refractivity contribution in [1.29, 1.82) is 0 Å². The molecular formula is C19H18FNO3. The smallest absolute Gasteiger partial charge is 0.291 e. The summed E-state index contributed by atoms with van der Waals surface area (Å²) in [5.74, 6) is -0.641. The average molecular weight is 327 g/mol. The van der Waals surface area contributed by atoms with Gasteiger partial charge in [0, 0.05) is 23.2 Å². The first-order valence-electron chi connectivity index (χ1n) is 7.75. The summed E-state index contributed by atoms with van der Waals surface area (Å²) in [5, 5.41) is 3.56. The van der Waals surface area contributed by atoms with Crippen LogP contribution in [0.4, 0.5) is 10.1 Å². The second kappa shape index (κ2) is 6.84. The van der Waals surface area contributed by atoms with Crippen molar-refractivity contribution in [3.63, 3.8) is 0 Å². The Morgan fingerprint density at radius 1 is 1.25 bits per heavy atom. The number of amides is 1. The summed E-state index contributed by atoms with van der Waals surface area (Å²) in [6.07, 6.45) is 0. The van der Waals surface area contributed by atoms with Gasteiger partial charge in [0.25, 0.3) is 5.91 Å². The van der Waals surface area contributed by atoms with Gasteiger partial charge >= 0.3 is 0 Å². The number of hydrogen-bond acceptors (Lipinski definition) is 3. The molecule has 0 aliphatic heterocycles. The number of rotatable bonds is 5. The van der Waals surface area contributed by atoms with Crippen molar-refractivity contribution in [3.8, 4) is 0 Å². The number of anilines is 1. The van der Waals surface area contributed by atoms with Gasteiger partial charge in [-0.2, -0.15) is 0 Å². The Morgan fingerprint density at radius 3 is 2.83 bits per heavy atom. The SMILES string of the molecule is CCOCc1c(C(=O)Nc2cc(F)ccc2C)oc2ccccc12. The average Bonchev–Trinajstić information content (AvgIpc) is 2.95. The van der Waals surface area contributed by atoms with Gasteiger partial charge in [0.1, 0.15) is 11.4 Å². The number of nitrogens with one attached hydrogen (secondary N) is 1. The number of carbonyl (C=O) groups is 1. The van der Waals surface area contributed by atoms with Crippen LogP contribution < -0.4 is 5.32 Å². The van der Waals surface area contributed by atoms with Gasteiger partial charge in [0.05, 0.1) is 6.61 Å². The molecule has 0 bridgehead atoms. The van der Waals surface area contributed by atoms with Gasteiger partial charge in [0.15, 0.2) is 5.76 Å². The van der Waals surface area contributed by atoms with E-state index in [0.29, 0.717) is 23.4 Å². The second-order valence-corrected chi connectivity index (χ2v) is 5.46. The fourth-order valence-electron chi connectivity index (χ4n) is 2.54. The lowest BCUT2D eigenvalue weighted by Crippen LogP contribution is -2.14. The predicted molar refractivity (Wildman–Crippen MR) is 90.6 cm³/mol. The number of aryl methyl sites for hydroxylation is 1. The number of furan rings is 1. The van der Waals surface area contributed by atoms with Crippen LogP contribution in [-0.2, 0) is 11.3 Å². The van der Waals surface area contributed by atoms with E-state index in [4.69, 9.17) is 9.15 Å². The van der Waals surface area contributed by atoms with Crippen molar-refractivity contribution >= 4 is 22.6 Å². The van der Waals surface area contributed by atoms with E-state index >= 15 is 0 Å². The lowest BCUT2D eigenvalue weighted by Gasteiger charge is -2.08. The van der Waals surface area contributed by atoms with Crippen molar-refractivity contribution in [2.24, 2.45) is 0 Å². The minimum atomic E-state index is -0.422. The predicted octanol–water partition coefficient (Wildman–Crippen LogP) is 4.67. The molecule has 0 atom stereocenters. The third-order valence-electron chi connectivity index (χ3n) is 3.80. The lowest BCUT2D eigenvalue weighted by atomic mass is 10.1. The Balaban J connectivity index is 1.98. The van der Waals surface area contributed by atoms with Gasteiger partial charge in [-0.1, -0.05) is 24.3 Å². The molecule has 1 N–H and O–H groups in total. The van der Waals surface area contributed by atoms with E-state index in [1.807, 2.05) is 25.1 Å². The van der Waals surface area contributed by atoms with Gasteiger partial charge in [-0.15, -0.1) is 0 Å². The Morgan fingerprint density at radius 2 is 2.04 bits per heavy atom. The van der Waals surface area contributed by atoms with Crippen LogP contribution in [-0.4, -0.2) is 12.5 Å². The monoisotopic (exact) mass is 327 g/mol. The molecule has 1 aromatic heterocycles. The molecule has 3 rings (SSSR count). The molecule has 24 heavy (non-hydrogen) atoms. The summed E-state index contributed by atoms with van der Waals surface area (Å²) in [6.45, 7) is 4.49. The van der Waals surface area contributed by atoms with Crippen molar-refractivity contribution in [3.05, 3.63) is 65.2 Å². The minimum absolute atomic E-state index is 0.188. The molecule has 0 unspecified atom stereocenters. The molecule has 2 aromatic carbocycles. The normalized spacial score (nSPS) is 11.0. The van der Waals surface area contributed by atoms with Crippen LogP contribution in [0, 0.1) is 12.7 Å². The van der Waals surface area contributed by atoms with Crippen LogP contribution in [0.5, 0.6) is 0 Å². The van der Waals surface area contributed by atoms with E-state index < -0.39 is 11.7 Å². The highest BCUT2D eigenvalue weighted by atomic mass is 19.1.